The van der Waals surface area contributed by atoms with Crippen LogP contribution in [0, 0.1) is 6.92 Å². The zero-order valence-electron chi connectivity index (χ0n) is 15.4. The maximum Gasteiger partial charge on any atom is 0.191 e. The van der Waals surface area contributed by atoms with Gasteiger partial charge in [0.25, 0.3) is 0 Å². The minimum atomic E-state index is 0.313. The molecule has 1 fully saturated rings. The molecule has 3 rings (SSSR count). The summed E-state index contributed by atoms with van der Waals surface area (Å²) in [5, 5.41) is 10.7. The lowest BCUT2D eigenvalue weighted by molar-refractivity contribution is 0.0177. The third-order valence-electron chi connectivity index (χ3n) is 4.27. The number of thiophene rings is 1. The smallest absolute Gasteiger partial charge is 0.191 e. The molecule has 0 saturated carbocycles. The van der Waals surface area contributed by atoms with E-state index in [1.54, 1.807) is 6.26 Å². The van der Waals surface area contributed by atoms with Crippen molar-refractivity contribution in [2.75, 3.05) is 39.4 Å². The van der Waals surface area contributed by atoms with Crippen LogP contribution in [0.25, 0.3) is 0 Å². The Morgan fingerprint density at radius 1 is 1.31 bits per heavy atom. The summed E-state index contributed by atoms with van der Waals surface area (Å²) in [4.78, 5) is 9.81. The Kier molecular flexibility index (Phi) is 7.04. The van der Waals surface area contributed by atoms with Crippen molar-refractivity contribution in [2.24, 2.45) is 4.99 Å². The fourth-order valence-corrected chi connectivity index (χ4v) is 3.96. The second-order valence-electron chi connectivity index (χ2n) is 6.18. The Balaban J connectivity index is 1.66. The number of aromatic nitrogens is 1. The van der Waals surface area contributed by atoms with Crippen LogP contribution in [0.1, 0.15) is 28.4 Å². The molecule has 7 nitrogen and oxygen atoms in total. The number of nitrogens with one attached hydrogen (secondary N) is 2. The quantitative estimate of drug-likeness (QED) is 0.569. The first-order valence-corrected chi connectivity index (χ1v) is 9.87. The number of ether oxygens (including phenoxy) is 1. The van der Waals surface area contributed by atoms with Crippen LogP contribution in [0.15, 0.2) is 34.0 Å². The number of guanidine groups is 1. The molecular weight excluding hydrogens is 350 g/mol. The number of hydrogen-bond acceptors (Lipinski definition) is 6. The van der Waals surface area contributed by atoms with Crippen molar-refractivity contribution in [3.8, 4) is 0 Å². The van der Waals surface area contributed by atoms with Gasteiger partial charge in [-0.2, -0.15) is 0 Å². The second kappa shape index (κ2) is 9.70. The lowest BCUT2D eigenvalue weighted by Crippen LogP contribution is -2.46. The molecule has 1 atom stereocenters. The molecule has 0 aromatic carbocycles. The van der Waals surface area contributed by atoms with Crippen LogP contribution in [0.2, 0.25) is 0 Å². The largest absolute Gasteiger partial charge is 0.379 e. The molecule has 142 valence electrons. The van der Waals surface area contributed by atoms with Crippen molar-refractivity contribution in [1.82, 2.24) is 20.7 Å². The van der Waals surface area contributed by atoms with E-state index in [4.69, 9.17) is 9.26 Å². The van der Waals surface area contributed by atoms with Gasteiger partial charge in [-0.25, -0.2) is 4.99 Å². The third-order valence-corrected chi connectivity index (χ3v) is 5.38. The van der Waals surface area contributed by atoms with Gasteiger partial charge in [0.1, 0.15) is 12.0 Å². The highest BCUT2D eigenvalue weighted by Gasteiger charge is 2.24. The van der Waals surface area contributed by atoms with E-state index in [9.17, 15) is 0 Å². The molecule has 1 aliphatic heterocycles. The fraction of sp³-hybridized carbons (Fsp3) is 0.556. The number of morpholine rings is 1. The Morgan fingerprint density at radius 2 is 2.15 bits per heavy atom. The SMILES string of the molecule is CCNC(=NCc1ccon1)NCC(c1ccc(C)s1)N1CCOCC1. The standard InChI is InChI=1S/C18H27N5O2S/c1-3-19-18(20-12-15-6-9-25-22-15)21-13-16(17-5-4-14(2)26-17)23-7-10-24-11-8-23/h4-6,9,16H,3,7-8,10-13H2,1-2H3,(H2,19,20,21). The molecule has 1 unspecified atom stereocenters. The predicted octanol–water partition coefficient (Wildman–Crippen LogP) is 2.17. The minimum Gasteiger partial charge on any atom is -0.379 e. The van der Waals surface area contributed by atoms with E-state index in [0.29, 0.717) is 12.6 Å². The Bertz CT molecular complexity index is 680. The minimum absolute atomic E-state index is 0.313. The molecule has 26 heavy (non-hydrogen) atoms. The van der Waals surface area contributed by atoms with Gasteiger partial charge in [-0.3, -0.25) is 4.90 Å². The summed E-state index contributed by atoms with van der Waals surface area (Å²) in [6, 6.07) is 6.57. The molecule has 2 N–H and O–H groups in total. The van der Waals surface area contributed by atoms with E-state index < -0.39 is 0 Å². The van der Waals surface area contributed by atoms with Crippen LogP contribution >= 0.6 is 11.3 Å². The zero-order chi connectivity index (χ0) is 18.2. The van der Waals surface area contributed by atoms with Gasteiger partial charge in [0.2, 0.25) is 0 Å². The van der Waals surface area contributed by atoms with Crippen LogP contribution in [0.4, 0.5) is 0 Å². The summed E-state index contributed by atoms with van der Waals surface area (Å²) in [7, 11) is 0. The molecule has 0 bridgehead atoms. The monoisotopic (exact) mass is 377 g/mol. The van der Waals surface area contributed by atoms with Crippen molar-refractivity contribution in [1.29, 1.82) is 0 Å². The maximum atomic E-state index is 5.52. The molecule has 0 aliphatic carbocycles. The lowest BCUT2D eigenvalue weighted by atomic mass is 10.2. The molecule has 3 heterocycles. The Morgan fingerprint density at radius 3 is 2.81 bits per heavy atom. The van der Waals surface area contributed by atoms with Crippen LogP contribution < -0.4 is 10.6 Å². The summed E-state index contributed by atoms with van der Waals surface area (Å²) in [6.07, 6.45) is 1.57. The van der Waals surface area contributed by atoms with Gasteiger partial charge in [-0.05, 0) is 26.0 Å². The summed E-state index contributed by atoms with van der Waals surface area (Å²) in [5.41, 5.74) is 0.820. The van der Waals surface area contributed by atoms with Crippen LogP contribution in [-0.2, 0) is 11.3 Å². The lowest BCUT2D eigenvalue weighted by Gasteiger charge is -2.34. The van der Waals surface area contributed by atoms with E-state index in [2.05, 4.69) is 51.7 Å². The number of hydrogen-bond donors (Lipinski definition) is 2. The van der Waals surface area contributed by atoms with E-state index in [-0.39, 0.29) is 0 Å². The van der Waals surface area contributed by atoms with E-state index >= 15 is 0 Å². The average Bonchev–Trinajstić information content (AvgIpc) is 3.32. The van der Waals surface area contributed by atoms with Crippen LogP contribution in [0.5, 0.6) is 0 Å². The Hall–Kier alpha value is -1.90. The van der Waals surface area contributed by atoms with Crippen molar-refractivity contribution >= 4 is 17.3 Å². The molecule has 2 aromatic rings. The van der Waals surface area contributed by atoms with Crippen molar-refractivity contribution < 1.29 is 9.26 Å². The molecular formula is C18H27N5O2S. The number of aliphatic imine (C=N–C) groups is 1. The van der Waals surface area contributed by atoms with Gasteiger partial charge >= 0.3 is 0 Å². The van der Waals surface area contributed by atoms with E-state index in [0.717, 1.165) is 51.0 Å². The average molecular weight is 378 g/mol. The highest BCUT2D eigenvalue weighted by Crippen LogP contribution is 2.27. The molecule has 0 radical (unpaired) electrons. The topological polar surface area (TPSA) is 74.9 Å². The van der Waals surface area contributed by atoms with Gasteiger partial charge in [-0.15, -0.1) is 11.3 Å². The molecule has 0 spiro atoms. The van der Waals surface area contributed by atoms with Crippen LogP contribution in [-0.4, -0.2) is 55.4 Å². The molecule has 2 aromatic heterocycles. The van der Waals surface area contributed by atoms with Gasteiger partial charge in [0, 0.05) is 42.0 Å². The molecule has 8 heteroatoms. The van der Waals surface area contributed by atoms with Crippen molar-refractivity contribution in [3.05, 3.63) is 39.9 Å². The summed E-state index contributed by atoms with van der Waals surface area (Å²) in [6.45, 7) is 9.81. The number of aryl methyl sites for hydroxylation is 1. The summed E-state index contributed by atoms with van der Waals surface area (Å²) in [5.74, 6) is 0.794. The first-order chi connectivity index (χ1) is 12.8. The predicted molar refractivity (Wildman–Crippen MR) is 104 cm³/mol. The van der Waals surface area contributed by atoms with Gasteiger partial charge in [0.05, 0.1) is 25.8 Å². The van der Waals surface area contributed by atoms with E-state index in [1.807, 2.05) is 17.4 Å². The highest BCUT2D eigenvalue weighted by atomic mass is 32.1. The molecule has 1 aliphatic rings. The third kappa shape index (κ3) is 5.30. The van der Waals surface area contributed by atoms with Crippen LogP contribution in [0.3, 0.4) is 0 Å². The second-order valence-corrected chi connectivity index (χ2v) is 7.50. The molecule has 1 saturated heterocycles. The first-order valence-electron chi connectivity index (χ1n) is 9.06. The van der Waals surface area contributed by atoms with Crippen molar-refractivity contribution in [2.45, 2.75) is 26.4 Å². The maximum absolute atomic E-state index is 5.52. The number of nitrogens with zero attached hydrogens (tertiary/aromatic N) is 3. The zero-order valence-corrected chi connectivity index (χ0v) is 16.2. The van der Waals surface area contributed by atoms with E-state index in [1.165, 1.54) is 9.75 Å². The van der Waals surface area contributed by atoms with Gasteiger partial charge in [-0.1, -0.05) is 5.16 Å². The highest BCUT2D eigenvalue weighted by molar-refractivity contribution is 7.12. The summed E-state index contributed by atoms with van der Waals surface area (Å²) >= 11 is 1.86. The first kappa shape index (κ1) is 18.9. The van der Waals surface area contributed by atoms with Gasteiger partial charge < -0.3 is 19.9 Å². The Labute approximate surface area is 158 Å². The number of rotatable bonds is 7. The fourth-order valence-electron chi connectivity index (χ4n) is 2.95. The van der Waals surface area contributed by atoms with Crippen molar-refractivity contribution in [3.63, 3.8) is 0 Å². The normalized spacial score (nSPS) is 17.2. The molecule has 0 amide bonds. The summed E-state index contributed by atoms with van der Waals surface area (Å²) < 4.78 is 10.4. The van der Waals surface area contributed by atoms with Gasteiger partial charge in [0.15, 0.2) is 5.96 Å².